The quantitative estimate of drug-likeness (QED) is 0.741. The van der Waals surface area contributed by atoms with Crippen molar-refractivity contribution in [3.05, 3.63) is 18.3 Å². The molecule has 1 aromatic rings. The van der Waals surface area contributed by atoms with Gasteiger partial charge < -0.3 is 9.64 Å². The molecule has 1 heterocycles. The molecule has 0 fully saturated rings. The summed E-state index contributed by atoms with van der Waals surface area (Å²) in [5.74, 6) is 2.10. The molecule has 0 aliphatic carbocycles. The number of hydrogen-bond acceptors (Lipinski definition) is 3. The first kappa shape index (κ1) is 12.1. The third-order valence-corrected chi connectivity index (χ3v) is 3.18. The van der Waals surface area contributed by atoms with Gasteiger partial charge in [0.15, 0.2) is 11.6 Å². The third kappa shape index (κ3) is 2.53. The van der Waals surface area contributed by atoms with Crippen LogP contribution in [0.1, 0.15) is 13.8 Å². The summed E-state index contributed by atoms with van der Waals surface area (Å²) < 4.78 is 5.26. The molecule has 0 amide bonds. The van der Waals surface area contributed by atoms with Crippen LogP contribution in [0.3, 0.4) is 0 Å². The second-order valence-corrected chi connectivity index (χ2v) is 4.30. The lowest BCUT2D eigenvalue weighted by atomic mass is 10.1. The van der Waals surface area contributed by atoms with Gasteiger partial charge in [0.1, 0.15) is 0 Å². The zero-order valence-electron chi connectivity index (χ0n) is 9.62. The molecule has 0 saturated carbocycles. The van der Waals surface area contributed by atoms with E-state index in [0.29, 0.717) is 5.88 Å². The minimum absolute atomic E-state index is 0.150. The summed E-state index contributed by atoms with van der Waals surface area (Å²) in [6, 6.07) is 3.74. The van der Waals surface area contributed by atoms with Crippen molar-refractivity contribution >= 4 is 17.4 Å². The number of hydrogen-bond donors (Lipinski definition) is 0. The minimum Gasteiger partial charge on any atom is -0.493 e. The average Bonchev–Trinajstić information content (AvgIpc) is 2.28. The van der Waals surface area contributed by atoms with E-state index in [9.17, 15) is 0 Å². The molecule has 1 rings (SSSR count). The van der Waals surface area contributed by atoms with Gasteiger partial charge in [-0.1, -0.05) is 0 Å². The van der Waals surface area contributed by atoms with Gasteiger partial charge in [-0.15, -0.1) is 11.6 Å². The van der Waals surface area contributed by atoms with Crippen LogP contribution in [0, 0.1) is 0 Å². The van der Waals surface area contributed by atoms with Crippen molar-refractivity contribution in [1.82, 2.24) is 4.98 Å². The second-order valence-electron chi connectivity index (χ2n) is 4.03. The topological polar surface area (TPSA) is 25.4 Å². The molecule has 0 aliphatic rings. The molecule has 0 N–H and O–H groups in total. The Morgan fingerprint density at radius 2 is 2.20 bits per heavy atom. The van der Waals surface area contributed by atoms with Crippen LogP contribution in [0.4, 0.5) is 5.82 Å². The van der Waals surface area contributed by atoms with Crippen molar-refractivity contribution in [2.24, 2.45) is 0 Å². The van der Waals surface area contributed by atoms with Crippen molar-refractivity contribution in [1.29, 1.82) is 0 Å². The van der Waals surface area contributed by atoms with E-state index in [-0.39, 0.29) is 5.54 Å². The number of ether oxygens (including phenoxy) is 1. The van der Waals surface area contributed by atoms with E-state index in [4.69, 9.17) is 16.3 Å². The van der Waals surface area contributed by atoms with E-state index >= 15 is 0 Å². The van der Waals surface area contributed by atoms with Crippen LogP contribution in [-0.4, -0.2) is 30.6 Å². The molecule has 0 aliphatic heterocycles. The van der Waals surface area contributed by atoms with E-state index in [1.165, 1.54) is 0 Å². The molecular weight excluding hydrogens is 212 g/mol. The fourth-order valence-corrected chi connectivity index (χ4v) is 1.35. The first-order chi connectivity index (χ1) is 7.03. The lowest BCUT2D eigenvalue weighted by molar-refractivity contribution is 0.408. The van der Waals surface area contributed by atoms with E-state index < -0.39 is 0 Å². The number of anilines is 1. The minimum atomic E-state index is -0.150. The summed E-state index contributed by atoms with van der Waals surface area (Å²) in [4.78, 5) is 6.33. The van der Waals surface area contributed by atoms with E-state index in [1.54, 1.807) is 13.3 Å². The molecule has 1 aromatic heterocycles. The number of halogens is 1. The van der Waals surface area contributed by atoms with E-state index in [0.717, 1.165) is 11.6 Å². The maximum absolute atomic E-state index is 5.92. The van der Waals surface area contributed by atoms with Gasteiger partial charge in [0.2, 0.25) is 0 Å². The standard InChI is InChI=1S/C11H17ClN2O/c1-11(2,8-12)14(3)10-9(15-4)6-5-7-13-10/h5-7H,8H2,1-4H3. The Hall–Kier alpha value is -0.960. The fraction of sp³-hybridized carbons (Fsp3) is 0.545. The second kappa shape index (κ2) is 4.71. The molecule has 0 bridgehead atoms. The normalized spacial score (nSPS) is 11.3. The van der Waals surface area contributed by atoms with Gasteiger partial charge in [0.25, 0.3) is 0 Å². The summed E-state index contributed by atoms with van der Waals surface area (Å²) in [5.41, 5.74) is -0.150. The van der Waals surface area contributed by atoms with E-state index in [2.05, 4.69) is 18.8 Å². The van der Waals surface area contributed by atoms with Crippen LogP contribution in [0.25, 0.3) is 0 Å². The number of nitrogens with zero attached hydrogens (tertiary/aromatic N) is 2. The smallest absolute Gasteiger partial charge is 0.171 e. The SMILES string of the molecule is COc1cccnc1N(C)C(C)(C)CCl. The van der Waals surface area contributed by atoms with Gasteiger partial charge in [-0.25, -0.2) is 4.98 Å². The summed E-state index contributed by atoms with van der Waals surface area (Å²) in [7, 11) is 3.61. The van der Waals surface area contributed by atoms with Gasteiger partial charge >= 0.3 is 0 Å². The van der Waals surface area contributed by atoms with Crippen molar-refractivity contribution in [3.63, 3.8) is 0 Å². The Kier molecular flexibility index (Phi) is 3.80. The van der Waals surface area contributed by atoms with Crippen molar-refractivity contribution in [2.45, 2.75) is 19.4 Å². The molecule has 0 saturated heterocycles. The van der Waals surface area contributed by atoms with Crippen LogP contribution < -0.4 is 9.64 Å². The van der Waals surface area contributed by atoms with Crippen LogP contribution in [0.5, 0.6) is 5.75 Å². The van der Waals surface area contributed by atoms with Crippen molar-refractivity contribution in [2.75, 3.05) is 24.9 Å². The molecular formula is C11H17ClN2O. The van der Waals surface area contributed by atoms with Crippen LogP contribution in [-0.2, 0) is 0 Å². The zero-order valence-corrected chi connectivity index (χ0v) is 10.4. The fourth-order valence-electron chi connectivity index (χ4n) is 1.17. The monoisotopic (exact) mass is 228 g/mol. The maximum atomic E-state index is 5.92. The summed E-state index contributed by atoms with van der Waals surface area (Å²) >= 11 is 5.92. The summed E-state index contributed by atoms with van der Waals surface area (Å²) in [6.45, 7) is 4.13. The number of rotatable bonds is 4. The highest BCUT2D eigenvalue weighted by molar-refractivity contribution is 6.18. The number of pyridine rings is 1. The van der Waals surface area contributed by atoms with Crippen LogP contribution in [0.2, 0.25) is 0 Å². The number of methoxy groups -OCH3 is 1. The molecule has 0 radical (unpaired) electrons. The molecule has 84 valence electrons. The third-order valence-electron chi connectivity index (χ3n) is 2.52. The molecule has 0 atom stereocenters. The Balaban J connectivity index is 3.05. The summed E-state index contributed by atoms with van der Waals surface area (Å²) in [5, 5.41) is 0. The van der Waals surface area contributed by atoms with Gasteiger partial charge in [-0.3, -0.25) is 0 Å². The average molecular weight is 229 g/mol. The first-order valence-corrected chi connectivity index (χ1v) is 5.35. The zero-order chi connectivity index (χ0) is 11.5. The molecule has 3 nitrogen and oxygen atoms in total. The molecule has 4 heteroatoms. The number of alkyl halides is 1. The largest absolute Gasteiger partial charge is 0.493 e. The van der Waals surface area contributed by atoms with Gasteiger partial charge in [0.05, 0.1) is 7.11 Å². The van der Waals surface area contributed by atoms with Crippen molar-refractivity contribution in [3.8, 4) is 5.75 Å². The predicted octanol–water partition coefficient (Wildman–Crippen LogP) is 2.54. The highest BCUT2D eigenvalue weighted by Gasteiger charge is 2.25. The van der Waals surface area contributed by atoms with Crippen LogP contribution in [0.15, 0.2) is 18.3 Å². The molecule has 0 unspecified atom stereocenters. The molecule has 15 heavy (non-hydrogen) atoms. The lowest BCUT2D eigenvalue weighted by Crippen LogP contribution is -2.43. The van der Waals surface area contributed by atoms with Crippen molar-refractivity contribution < 1.29 is 4.74 Å². The Labute approximate surface area is 96.0 Å². The highest BCUT2D eigenvalue weighted by Crippen LogP contribution is 2.29. The molecule has 0 aromatic carbocycles. The maximum Gasteiger partial charge on any atom is 0.171 e. The van der Waals surface area contributed by atoms with Gasteiger partial charge in [-0.05, 0) is 26.0 Å². The summed E-state index contributed by atoms with van der Waals surface area (Å²) in [6.07, 6.45) is 1.75. The Morgan fingerprint density at radius 3 is 2.73 bits per heavy atom. The van der Waals surface area contributed by atoms with Gasteiger partial charge in [0, 0.05) is 24.7 Å². The Morgan fingerprint density at radius 1 is 1.53 bits per heavy atom. The highest BCUT2D eigenvalue weighted by atomic mass is 35.5. The van der Waals surface area contributed by atoms with E-state index in [1.807, 2.05) is 24.1 Å². The first-order valence-electron chi connectivity index (χ1n) is 4.81. The number of aromatic nitrogens is 1. The molecule has 0 spiro atoms. The lowest BCUT2D eigenvalue weighted by Gasteiger charge is -2.35. The van der Waals surface area contributed by atoms with Gasteiger partial charge in [-0.2, -0.15) is 0 Å². The van der Waals surface area contributed by atoms with Crippen LogP contribution >= 0.6 is 11.6 Å². The predicted molar refractivity (Wildman–Crippen MR) is 64.0 cm³/mol. The Bertz CT molecular complexity index is 328.